The molecule has 2 N–H and O–H groups in total. The maximum absolute atomic E-state index is 5.55. The van der Waals surface area contributed by atoms with Gasteiger partial charge < -0.3 is 5.73 Å². The lowest BCUT2D eigenvalue weighted by molar-refractivity contribution is 1.39. The molecule has 2 heteroatoms. The molecule has 0 heterocycles. The van der Waals surface area contributed by atoms with E-state index in [4.69, 9.17) is 5.73 Å². The predicted molar refractivity (Wildman–Crippen MR) is 46.1 cm³/mol. The van der Waals surface area contributed by atoms with Crippen LogP contribution in [-0.2, 0) is 0 Å². The Morgan fingerprint density at radius 2 is 2.10 bits per heavy atom. The first-order valence-electron chi connectivity index (χ1n) is 3.24. The van der Waals surface area contributed by atoms with E-state index in [1.54, 1.807) is 7.05 Å². The first-order chi connectivity index (χ1) is 4.70. The average molecular weight is 138 g/mol. The fraction of sp³-hybridized carbons (Fsp3) is 0.375. The van der Waals surface area contributed by atoms with Crippen molar-refractivity contribution in [3.05, 3.63) is 23.9 Å². The highest BCUT2D eigenvalue weighted by Gasteiger charge is 1.82. The Hall–Kier alpha value is -1.05. The molecule has 0 aromatic rings. The summed E-state index contributed by atoms with van der Waals surface area (Å²) in [6.07, 6.45) is 5.57. The Balaban J connectivity index is 4.16. The standard InChI is InChI=1S/C8H14N2/c1-4-5-8(9)6-7(2)10-3/h4-6H,9H2,1-3H3/b5-4-,8-6+,10-7?. The lowest BCUT2D eigenvalue weighted by Crippen LogP contribution is -1.96. The van der Waals surface area contributed by atoms with Crippen LogP contribution in [0.3, 0.4) is 0 Å². The smallest absolute Gasteiger partial charge is 0.0334 e. The third-order valence-electron chi connectivity index (χ3n) is 1.09. The van der Waals surface area contributed by atoms with Crippen LogP contribution in [0.15, 0.2) is 28.9 Å². The van der Waals surface area contributed by atoms with Crippen LogP contribution >= 0.6 is 0 Å². The molecule has 0 radical (unpaired) electrons. The van der Waals surface area contributed by atoms with Crippen LogP contribution in [0.25, 0.3) is 0 Å². The van der Waals surface area contributed by atoms with Crippen molar-refractivity contribution in [1.29, 1.82) is 0 Å². The first-order valence-corrected chi connectivity index (χ1v) is 3.24. The number of aliphatic imine (C=N–C) groups is 1. The molecule has 0 aromatic heterocycles. The molecule has 0 saturated carbocycles. The monoisotopic (exact) mass is 138 g/mol. The number of nitrogens with two attached hydrogens (primary N) is 1. The minimum atomic E-state index is 0.741. The highest BCUT2D eigenvalue weighted by atomic mass is 14.7. The van der Waals surface area contributed by atoms with E-state index < -0.39 is 0 Å². The molecule has 0 aliphatic heterocycles. The van der Waals surface area contributed by atoms with E-state index >= 15 is 0 Å². The van der Waals surface area contributed by atoms with Gasteiger partial charge in [-0.3, -0.25) is 4.99 Å². The maximum Gasteiger partial charge on any atom is 0.0334 e. The van der Waals surface area contributed by atoms with Crippen molar-refractivity contribution in [1.82, 2.24) is 0 Å². The zero-order valence-electron chi connectivity index (χ0n) is 6.76. The summed E-state index contributed by atoms with van der Waals surface area (Å²) in [7, 11) is 1.74. The zero-order valence-corrected chi connectivity index (χ0v) is 6.76. The molecule has 0 aliphatic rings. The van der Waals surface area contributed by atoms with E-state index in [-0.39, 0.29) is 0 Å². The molecule has 0 fully saturated rings. The van der Waals surface area contributed by atoms with Crippen molar-refractivity contribution in [2.24, 2.45) is 10.7 Å². The molecule has 10 heavy (non-hydrogen) atoms. The molecule has 0 aromatic carbocycles. The van der Waals surface area contributed by atoms with Gasteiger partial charge in [0.15, 0.2) is 0 Å². The Morgan fingerprint density at radius 3 is 2.50 bits per heavy atom. The number of hydrogen-bond acceptors (Lipinski definition) is 2. The molecule has 0 saturated heterocycles. The van der Waals surface area contributed by atoms with Crippen molar-refractivity contribution >= 4 is 5.71 Å². The molecule has 0 rings (SSSR count). The van der Waals surface area contributed by atoms with Crippen molar-refractivity contribution in [2.45, 2.75) is 13.8 Å². The molecular weight excluding hydrogens is 124 g/mol. The zero-order chi connectivity index (χ0) is 7.98. The van der Waals surface area contributed by atoms with Gasteiger partial charge in [-0.25, -0.2) is 0 Å². The predicted octanol–water partition coefficient (Wildman–Crippen LogP) is 1.50. The van der Waals surface area contributed by atoms with Gasteiger partial charge in [-0.2, -0.15) is 0 Å². The Labute approximate surface area is 62.1 Å². The van der Waals surface area contributed by atoms with Crippen LogP contribution in [-0.4, -0.2) is 12.8 Å². The molecule has 0 aliphatic carbocycles. The van der Waals surface area contributed by atoms with E-state index in [1.165, 1.54) is 0 Å². The second-order valence-electron chi connectivity index (χ2n) is 2.01. The normalized spacial score (nSPS) is 14.7. The van der Waals surface area contributed by atoms with Gasteiger partial charge in [-0.05, 0) is 26.0 Å². The highest BCUT2D eigenvalue weighted by molar-refractivity contribution is 5.93. The summed E-state index contributed by atoms with van der Waals surface area (Å²) in [6.45, 7) is 3.84. The van der Waals surface area contributed by atoms with E-state index in [2.05, 4.69) is 4.99 Å². The van der Waals surface area contributed by atoms with Gasteiger partial charge in [0.2, 0.25) is 0 Å². The van der Waals surface area contributed by atoms with Crippen LogP contribution in [0.4, 0.5) is 0 Å². The van der Waals surface area contributed by atoms with Crippen LogP contribution < -0.4 is 5.73 Å². The quantitative estimate of drug-likeness (QED) is 0.455. The van der Waals surface area contributed by atoms with Crippen LogP contribution in [0.1, 0.15) is 13.8 Å². The largest absolute Gasteiger partial charge is 0.399 e. The third-order valence-corrected chi connectivity index (χ3v) is 1.09. The second kappa shape index (κ2) is 4.79. The summed E-state index contributed by atoms with van der Waals surface area (Å²) in [5, 5.41) is 0. The third kappa shape index (κ3) is 3.89. The Morgan fingerprint density at radius 1 is 1.50 bits per heavy atom. The molecule has 0 bridgehead atoms. The van der Waals surface area contributed by atoms with Gasteiger partial charge in [0.25, 0.3) is 0 Å². The van der Waals surface area contributed by atoms with Gasteiger partial charge in [0.1, 0.15) is 0 Å². The van der Waals surface area contributed by atoms with Gasteiger partial charge in [-0.1, -0.05) is 6.08 Å². The van der Waals surface area contributed by atoms with E-state index in [0.29, 0.717) is 0 Å². The number of hydrogen-bond donors (Lipinski definition) is 1. The molecule has 0 amide bonds. The Bertz CT molecular complexity index is 176. The molecule has 0 spiro atoms. The summed E-state index contributed by atoms with van der Waals surface area (Å²) in [6, 6.07) is 0. The van der Waals surface area contributed by atoms with E-state index in [1.807, 2.05) is 32.1 Å². The van der Waals surface area contributed by atoms with E-state index in [0.717, 1.165) is 11.4 Å². The molecule has 0 unspecified atom stereocenters. The lowest BCUT2D eigenvalue weighted by atomic mass is 10.3. The van der Waals surface area contributed by atoms with Gasteiger partial charge in [0.05, 0.1) is 0 Å². The first kappa shape index (κ1) is 8.95. The summed E-state index contributed by atoms with van der Waals surface area (Å²) >= 11 is 0. The minimum absolute atomic E-state index is 0.741. The van der Waals surface area contributed by atoms with Crippen molar-refractivity contribution in [3.63, 3.8) is 0 Å². The molecule has 0 atom stereocenters. The second-order valence-corrected chi connectivity index (χ2v) is 2.01. The fourth-order valence-corrected chi connectivity index (χ4v) is 0.546. The number of nitrogens with zero attached hydrogens (tertiary/aromatic N) is 1. The summed E-state index contributed by atoms with van der Waals surface area (Å²) in [5.41, 5.74) is 7.24. The minimum Gasteiger partial charge on any atom is -0.399 e. The fourth-order valence-electron chi connectivity index (χ4n) is 0.546. The van der Waals surface area contributed by atoms with Crippen LogP contribution in [0.2, 0.25) is 0 Å². The molecular formula is C8H14N2. The lowest BCUT2D eigenvalue weighted by Gasteiger charge is -1.90. The molecule has 56 valence electrons. The number of allylic oxidation sites excluding steroid dienone is 3. The van der Waals surface area contributed by atoms with Crippen LogP contribution in [0.5, 0.6) is 0 Å². The summed E-state index contributed by atoms with van der Waals surface area (Å²) in [5.74, 6) is 0. The SMILES string of the molecule is C/C=C\C(N)=C/C(C)=NC. The maximum atomic E-state index is 5.55. The van der Waals surface area contributed by atoms with Gasteiger partial charge >= 0.3 is 0 Å². The van der Waals surface area contributed by atoms with Gasteiger partial charge in [0, 0.05) is 18.5 Å². The van der Waals surface area contributed by atoms with E-state index in [9.17, 15) is 0 Å². The van der Waals surface area contributed by atoms with Crippen molar-refractivity contribution < 1.29 is 0 Å². The van der Waals surface area contributed by atoms with Gasteiger partial charge in [-0.15, -0.1) is 0 Å². The van der Waals surface area contributed by atoms with Crippen molar-refractivity contribution in [3.8, 4) is 0 Å². The summed E-state index contributed by atoms with van der Waals surface area (Å²) in [4.78, 5) is 3.94. The number of rotatable bonds is 2. The van der Waals surface area contributed by atoms with Crippen molar-refractivity contribution in [2.75, 3.05) is 7.05 Å². The topological polar surface area (TPSA) is 38.4 Å². The van der Waals surface area contributed by atoms with Crippen LogP contribution in [0, 0.1) is 0 Å². The molecule has 2 nitrogen and oxygen atoms in total. The summed E-state index contributed by atoms with van der Waals surface area (Å²) < 4.78 is 0. The average Bonchev–Trinajstić information content (AvgIpc) is 1.88. The highest BCUT2D eigenvalue weighted by Crippen LogP contribution is 1.88. The Kier molecular flexibility index (Phi) is 4.29.